The summed E-state index contributed by atoms with van der Waals surface area (Å²) >= 11 is 0. The van der Waals surface area contributed by atoms with Crippen LogP contribution in [0.2, 0.25) is 0 Å². The van der Waals surface area contributed by atoms with Crippen LogP contribution in [0, 0.1) is 0 Å². The average molecular weight is 947 g/mol. The standard InChI is InChI=1S/C53H86O12S/c1-3-5-7-9-11-13-15-17-19-20-21-22-23-24-25-26-27-28-29-30-32-34-36-38-40-42-49(55)63-47(45-61-43-41-39-37-35-33-31-18-16-14-12-10-8-6-4-2)46-62-53-51(57)52(65-66(58,59)60)50(56)48(44-54)64-53/h5-8,11-14,17-19,21-22,24-25,27-28,31,47-48,50-54,56-57H,3-4,9-10,15-16,20,23,26,29-30,32-46H2,1-2H3,(H,58,59,60)/b7-5-,8-6-,13-11-,14-12-,19-17-,22-21-,25-24-,28-27-,31-18-. The molecule has 4 N–H and O–H groups in total. The highest BCUT2D eigenvalue weighted by atomic mass is 32.3. The number of ether oxygens (including phenoxy) is 4. The van der Waals surface area contributed by atoms with E-state index in [-0.39, 0.29) is 19.6 Å². The number of esters is 1. The molecule has 13 heteroatoms. The molecule has 0 radical (unpaired) electrons. The van der Waals surface area contributed by atoms with Crippen molar-refractivity contribution in [2.45, 2.75) is 192 Å². The fourth-order valence-corrected chi connectivity index (χ4v) is 7.26. The van der Waals surface area contributed by atoms with Crippen molar-refractivity contribution in [2.75, 3.05) is 26.4 Å². The van der Waals surface area contributed by atoms with E-state index in [1.54, 1.807) is 0 Å². The Labute approximate surface area is 398 Å². The number of unbranched alkanes of at least 4 members (excludes halogenated alkanes) is 10. The summed E-state index contributed by atoms with van der Waals surface area (Å²) in [5.41, 5.74) is 0. The molecule has 1 rings (SSSR count). The van der Waals surface area contributed by atoms with Gasteiger partial charge in [-0.15, -0.1) is 0 Å². The predicted molar refractivity (Wildman–Crippen MR) is 266 cm³/mol. The highest BCUT2D eigenvalue weighted by Crippen LogP contribution is 2.26. The molecule has 0 amide bonds. The van der Waals surface area contributed by atoms with Gasteiger partial charge in [0.1, 0.15) is 30.5 Å². The minimum Gasteiger partial charge on any atom is -0.457 e. The Balaban J connectivity index is 2.39. The Bertz CT molecular complexity index is 1560. The molecule has 1 aliphatic rings. The van der Waals surface area contributed by atoms with Crippen LogP contribution in [0.1, 0.15) is 155 Å². The molecular weight excluding hydrogens is 861 g/mol. The van der Waals surface area contributed by atoms with Gasteiger partial charge in [-0.3, -0.25) is 9.35 Å². The minimum atomic E-state index is -5.08. The number of rotatable bonds is 41. The summed E-state index contributed by atoms with van der Waals surface area (Å²) in [4.78, 5) is 12.9. The van der Waals surface area contributed by atoms with Crippen LogP contribution in [0.4, 0.5) is 0 Å². The zero-order chi connectivity index (χ0) is 48.2. The van der Waals surface area contributed by atoms with Crippen LogP contribution in [-0.4, -0.2) is 97.5 Å². The summed E-state index contributed by atoms with van der Waals surface area (Å²) in [6.45, 7) is 3.66. The normalized spacial score (nSPS) is 20.5. The van der Waals surface area contributed by atoms with Gasteiger partial charge in [-0.05, 0) is 96.3 Å². The van der Waals surface area contributed by atoms with E-state index in [1.807, 2.05) is 0 Å². The van der Waals surface area contributed by atoms with Crippen molar-refractivity contribution in [1.29, 1.82) is 0 Å². The number of carbonyl (C=O) groups is 1. The summed E-state index contributed by atoms with van der Waals surface area (Å²) in [7, 11) is -5.08. The number of aliphatic hydroxyl groups excluding tert-OH is 3. The van der Waals surface area contributed by atoms with Crippen molar-refractivity contribution < 1.29 is 56.2 Å². The Morgan fingerprint density at radius 1 is 0.576 bits per heavy atom. The van der Waals surface area contributed by atoms with Gasteiger partial charge in [0.25, 0.3) is 0 Å². The van der Waals surface area contributed by atoms with Crippen molar-refractivity contribution in [2.24, 2.45) is 0 Å². The van der Waals surface area contributed by atoms with Gasteiger partial charge in [-0.2, -0.15) is 8.42 Å². The zero-order valence-corrected chi connectivity index (χ0v) is 41.0. The number of carbonyl (C=O) groups excluding carboxylic acids is 1. The maximum Gasteiger partial charge on any atom is 0.397 e. The number of hydrogen-bond acceptors (Lipinski definition) is 11. The smallest absolute Gasteiger partial charge is 0.397 e. The van der Waals surface area contributed by atoms with Crippen LogP contribution >= 0.6 is 0 Å². The van der Waals surface area contributed by atoms with Gasteiger partial charge in [-0.1, -0.05) is 162 Å². The van der Waals surface area contributed by atoms with E-state index >= 15 is 0 Å². The first-order chi connectivity index (χ1) is 32.1. The molecule has 0 spiro atoms. The maximum atomic E-state index is 12.9. The first-order valence-corrected chi connectivity index (χ1v) is 26.0. The van der Waals surface area contributed by atoms with Crippen molar-refractivity contribution in [1.82, 2.24) is 0 Å². The fourth-order valence-electron chi connectivity index (χ4n) is 6.75. The molecular formula is C53H86O12S. The molecule has 66 heavy (non-hydrogen) atoms. The van der Waals surface area contributed by atoms with Gasteiger partial charge in [0.15, 0.2) is 6.29 Å². The van der Waals surface area contributed by atoms with Gasteiger partial charge in [0, 0.05) is 13.0 Å². The lowest BCUT2D eigenvalue weighted by Gasteiger charge is -2.41. The van der Waals surface area contributed by atoms with Gasteiger partial charge in [0.05, 0.1) is 19.8 Å². The van der Waals surface area contributed by atoms with E-state index in [1.165, 1.54) is 0 Å². The predicted octanol–water partition coefficient (Wildman–Crippen LogP) is 11.2. The Kier molecular flexibility index (Phi) is 39.7. The SMILES string of the molecule is CC/C=C\C/C=C\C/C=C\C/C=C\C/C=C\C/C=C\CCCCCCCCC(=O)OC(COCCCCCC/C=C\C/C=C\C/C=C\CC)COC1OC(CO)C(O)C(OS(=O)(=O)O)C1O. The van der Waals surface area contributed by atoms with Gasteiger partial charge < -0.3 is 34.3 Å². The molecule has 0 aliphatic carbocycles. The van der Waals surface area contributed by atoms with Crippen LogP contribution in [0.25, 0.3) is 0 Å². The van der Waals surface area contributed by atoms with Crippen LogP contribution in [-0.2, 0) is 38.3 Å². The van der Waals surface area contributed by atoms with Crippen molar-refractivity contribution >= 4 is 16.4 Å². The van der Waals surface area contributed by atoms with Crippen molar-refractivity contribution in [3.63, 3.8) is 0 Å². The summed E-state index contributed by atoms with van der Waals surface area (Å²) in [5, 5.41) is 30.7. The molecule has 6 unspecified atom stereocenters. The third-order valence-electron chi connectivity index (χ3n) is 10.4. The minimum absolute atomic E-state index is 0.00676. The van der Waals surface area contributed by atoms with Crippen LogP contribution in [0.15, 0.2) is 109 Å². The van der Waals surface area contributed by atoms with E-state index in [0.29, 0.717) is 13.0 Å². The molecule has 1 heterocycles. The summed E-state index contributed by atoms with van der Waals surface area (Å²) in [5.74, 6) is -0.428. The second-order valence-corrected chi connectivity index (χ2v) is 17.3. The lowest BCUT2D eigenvalue weighted by Crippen LogP contribution is -2.60. The first-order valence-electron chi connectivity index (χ1n) is 24.6. The summed E-state index contributed by atoms with van der Waals surface area (Å²) < 4.78 is 59.1. The molecule has 0 aromatic rings. The number of allylic oxidation sites excluding steroid dienone is 18. The molecule has 1 aliphatic heterocycles. The number of aliphatic hydroxyl groups is 3. The third-order valence-corrected chi connectivity index (χ3v) is 10.9. The topological polar surface area (TPSA) is 178 Å². The second-order valence-electron chi connectivity index (χ2n) is 16.3. The highest BCUT2D eigenvalue weighted by molar-refractivity contribution is 7.80. The van der Waals surface area contributed by atoms with Gasteiger partial charge >= 0.3 is 16.4 Å². The molecule has 0 aromatic heterocycles. The largest absolute Gasteiger partial charge is 0.457 e. The Morgan fingerprint density at radius 2 is 1.00 bits per heavy atom. The lowest BCUT2D eigenvalue weighted by molar-refractivity contribution is -0.301. The van der Waals surface area contributed by atoms with Crippen LogP contribution in [0.3, 0.4) is 0 Å². The molecule has 0 bridgehead atoms. The monoisotopic (exact) mass is 947 g/mol. The van der Waals surface area contributed by atoms with E-state index in [4.69, 9.17) is 18.9 Å². The zero-order valence-electron chi connectivity index (χ0n) is 40.2. The number of hydrogen-bond donors (Lipinski definition) is 4. The fraction of sp³-hybridized carbons (Fsp3) is 0.642. The van der Waals surface area contributed by atoms with E-state index in [0.717, 1.165) is 128 Å². The van der Waals surface area contributed by atoms with Gasteiger partial charge in [-0.25, -0.2) is 4.18 Å². The Hall–Kier alpha value is -3.24. The van der Waals surface area contributed by atoms with Crippen LogP contribution < -0.4 is 0 Å². The van der Waals surface area contributed by atoms with Crippen LogP contribution in [0.5, 0.6) is 0 Å². The molecule has 0 saturated carbocycles. The van der Waals surface area contributed by atoms with Crippen molar-refractivity contribution in [3.05, 3.63) is 109 Å². The molecule has 1 fully saturated rings. The van der Waals surface area contributed by atoms with E-state index < -0.39 is 59.8 Å². The molecule has 0 aromatic carbocycles. The molecule has 376 valence electrons. The first kappa shape index (κ1) is 60.8. The molecule has 6 atom stereocenters. The molecule has 1 saturated heterocycles. The van der Waals surface area contributed by atoms with Crippen molar-refractivity contribution in [3.8, 4) is 0 Å². The summed E-state index contributed by atoms with van der Waals surface area (Å²) in [6, 6.07) is 0. The summed E-state index contributed by atoms with van der Waals surface area (Å²) in [6.07, 6.45) is 51.2. The van der Waals surface area contributed by atoms with Gasteiger partial charge in [0.2, 0.25) is 0 Å². The lowest BCUT2D eigenvalue weighted by atomic mass is 9.99. The van der Waals surface area contributed by atoms with E-state index in [2.05, 4.69) is 127 Å². The third kappa shape index (κ3) is 35.9. The van der Waals surface area contributed by atoms with E-state index in [9.17, 15) is 33.1 Å². The average Bonchev–Trinajstić information content (AvgIpc) is 3.29. The highest BCUT2D eigenvalue weighted by Gasteiger charge is 2.48. The Morgan fingerprint density at radius 3 is 1.45 bits per heavy atom. The quantitative estimate of drug-likeness (QED) is 0.0198. The molecule has 12 nitrogen and oxygen atoms in total. The maximum absolute atomic E-state index is 12.9. The second kappa shape index (κ2) is 43.1.